The summed E-state index contributed by atoms with van der Waals surface area (Å²) in [5.41, 5.74) is 2.48. The van der Waals surface area contributed by atoms with Gasteiger partial charge in [0, 0.05) is 11.1 Å². The van der Waals surface area contributed by atoms with Crippen LogP contribution in [0.5, 0.6) is 0 Å². The van der Waals surface area contributed by atoms with Crippen molar-refractivity contribution in [3.8, 4) is 0 Å². The number of hydrogen-bond donors (Lipinski definition) is 2. The molecular weight excluding hydrogens is 384 g/mol. The van der Waals surface area contributed by atoms with Gasteiger partial charge in [-0.3, -0.25) is 4.79 Å². The van der Waals surface area contributed by atoms with Crippen LogP contribution in [0.1, 0.15) is 16.6 Å². The SMILES string of the molecule is Cc1cc(NC(=O)C(Sc2nc3ccc(Cl)cc3[nH]2)c2ccccc2)no1. The number of anilines is 1. The highest BCUT2D eigenvalue weighted by atomic mass is 35.5. The summed E-state index contributed by atoms with van der Waals surface area (Å²) in [5.74, 6) is 0.803. The van der Waals surface area contributed by atoms with Crippen molar-refractivity contribution >= 4 is 46.1 Å². The van der Waals surface area contributed by atoms with Gasteiger partial charge in [-0.2, -0.15) is 0 Å². The predicted molar refractivity (Wildman–Crippen MR) is 106 cm³/mol. The molecule has 0 saturated heterocycles. The van der Waals surface area contributed by atoms with Gasteiger partial charge in [-0.25, -0.2) is 4.98 Å². The van der Waals surface area contributed by atoms with E-state index in [0.717, 1.165) is 16.6 Å². The number of nitrogens with zero attached hydrogens (tertiary/aromatic N) is 2. The number of rotatable bonds is 5. The highest BCUT2D eigenvalue weighted by molar-refractivity contribution is 8.00. The van der Waals surface area contributed by atoms with Crippen molar-refractivity contribution in [3.63, 3.8) is 0 Å². The van der Waals surface area contributed by atoms with E-state index in [2.05, 4.69) is 20.4 Å². The second-order valence-electron chi connectivity index (χ2n) is 5.92. The van der Waals surface area contributed by atoms with Crippen LogP contribution in [0.4, 0.5) is 5.82 Å². The molecular formula is C19H15ClN4O2S. The van der Waals surface area contributed by atoms with E-state index in [9.17, 15) is 4.79 Å². The van der Waals surface area contributed by atoms with Gasteiger partial charge in [-0.1, -0.05) is 58.9 Å². The van der Waals surface area contributed by atoms with E-state index in [4.69, 9.17) is 16.1 Å². The topological polar surface area (TPSA) is 83.8 Å². The molecule has 0 aliphatic carbocycles. The van der Waals surface area contributed by atoms with Crippen molar-refractivity contribution in [3.05, 3.63) is 70.9 Å². The summed E-state index contributed by atoms with van der Waals surface area (Å²) in [4.78, 5) is 20.7. The van der Waals surface area contributed by atoms with Crippen LogP contribution in [0.15, 0.2) is 64.3 Å². The number of thioether (sulfide) groups is 1. The Morgan fingerprint density at radius 1 is 1.22 bits per heavy atom. The summed E-state index contributed by atoms with van der Waals surface area (Å²) in [6.45, 7) is 1.77. The number of hydrogen-bond acceptors (Lipinski definition) is 5. The number of amides is 1. The number of aryl methyl sites for hydroxylation is 1. The second kappa shape index (κ2) is 7.46. The summed E-state index contributed by atoms with van der Waals surface area (Å²) in [7, 11) is 0. The van der Waals surface area contributed by atoms with E-state index in [1.807, 2.05) is 42.5 Å². The van der Waals surface area contributed by atoms with Crippen molar-refractivity contribution in [2.75, 3.05) is 5.32 Å². The molecule has 2 heterocycles. The minimum absolute atomic E-state index is 0.210. The smallest absolute Gasteiger partial charge is 0.243 e. The van der Waals surface area contributed by atoms with Crippen LogP contribution in [0.3, 0.4) is 0 Å². The molecule has 27 heavy (non-hydrogen) atoms. The Labute approximate surface area is 164 Å². The van der Waals surface area contributed by atoms with Crippen LogP contribution in [0.2, 0.25) is 5.02 Å². The molecule has 2 aromatic heterocycles. The lowest BCUT2D eigenvalue weighted by Gasteiger charge is -2.14. The number of halogens is 1. The number of aromatic amines is 1. The third kappa shape index (κ3) is 3.99. The van der Waals surface area contributed by atoms with Crippen LogP contribution in [-0.2, 0) is 4.79 Å². The molecule has 0 aliphatic rings. The van der Waals surface area contributed by atoms with Gasteiger partial charge in [0.15, 0.2) is 11.0 Å². The molecule has 2 aromatic carbocycles. The monoisotopic (exact) mass is 398 g/mol. The molecule has 0 bridgehead atoms. The van der Waals surface area contributed by atoms with E-state index < -0.39 is 5.25 Å². The average molecular weight is 399 g/mol. The Kier molecular flexibility index (Phi) is 4.87. The number of H-pyrrole nitrogens is 1. The lowest BCUT2D eigenvalue weighted by Crippen LogP contribution is -2.19. The molecule has 0 radical (unpaired) electrons. The zero-order valence-electron chi connectivity index (χ0n) is 14.3. The lowest BCUT2D eigenvalue weighted by atomic mass is 10.1. The largest absolute Gasteiger partial charge is 0.360 e. The number of imidazole rings is 1. The van der Waals surface area contributed by atoms with Gasteiger partial charge in [0.1, 0.15) is 11.0 Å². The normalized spacial score (nSPS) is 12.2. The Balaban J connectivity index is 1.63. The van der Waals surface area contributed by atoms with Gasteiger partial charge in [-0.05, 0) is 30.7 Å². The first-order valence-corrected chi connectivity index (χ1v) is 9.45. The molecule has 136 valence electrons. The van der Waals surface area contributed by atoms with Crippen LogP contribution >= 0.6 is 23.4 Å². The second-order valence-corrected chi connectivity index (χ2v) is 7.45. The molecule has 4 aromatic rings. The molecule has 0 aliphatic heterocycles. The van der Waals surface area contributed by atoms with Gasteiger partial charge in [0.25, 0.3) is 0 Å². The van der Waals surface area contributed by atoms with Crippen molar-refractivity contribution in [1.29, 1.82) is 0 Å². The van der Waals surface area contributed by atoms with E-state index in [-0.39, 0.29) is 5.91 Å². The van der Waals surface area contributed by atoms with E-state index in [1.54, 1.807) is 19.1 Å². The summed E-state index contributed by atoms with van der Waals surface area (Å²) in [5, 5.41) is 7.37. The van der Waals surface area contributed by atoms with Gasteiger partial charge in [0.2, 0.25) is 5.91 Å². The highest BCUT2D eigenvalue weighted by Gasteiger charge is 2.24. The van der Waals surface area contributed by atoms with Crippen molar-refractivity contribution in [1.82, 2.24) is 15.1 Å². The van der Waals surface area contributed by atoms with Crippen LogP contribution < -0.4 is 5.32 Å². The Bertz CT molecular complexity index is 1090. The summed E-state index contributed by atoms with van der Waals surface area (Å²) >= 11 is 7.37. The average Bonchev–Trinajstić information content (AvgIpc) is 3.25. The van der Waals surface area contributed by atoms with Crippen LogP contribution in [0, 0.1) is 6.92 Å². The first kappa shape index (κ1) is 17.6. The van der Waals surface area contributed by atoms with Crippen molar-refractivity contribution in [2.24, 2.45) is 0 Å². The Hall–Kier alpha value is -2.77. The summed E-state index contributed by atoms with van der Waals surface area (Å²) < 4.78 is 5.02. The summed E-state index contributed by atoms with van der Waals surface area (Å²) in [6, 6.07) is 16.6. The number of benzene rings is 2. The zero-order chi connectivity index (χ0) is 18.8. The lowest BCUT2D eigenvalue weighted by molar-refractivity contribution is -0.115. The molecule has 0 spiro atoms. The maximum Gasteiger partial charge on any atom is 0.243 e. The van der Waals surface area contributed by atoms with Crippen LogP contribution in [0.25, 0.3) is 11.0 Å². The maximum atomic E-state index is 12.9. The number of aromatic nitrogens is 3. The predicted octanol–water partition coefficient (Wildman–Crippen LogP) is 4.98. The molecule has 8 heteroatoms. The standard InChI is InChI=1S/C19H15ClN4O2S/c1-11-9-16(24-26-11)23-18(25)17(12-5-3-2-4-6-12)27-19-21-14-8-7-13(20)10-15(14)22-19/h2-10,17H,1H3,(H,21,22)(H,23,24,25). The molecule has 1 atom stereocenters. The number of carbonyl (C=O) groups excluding carboxylic acids is 1. The van der Waals surface area contributed by atoms with E-state index >= 15 is 0 Å². The maximum absolute atomic E-state index is 12.9. The highest BCUT2D eigenvalue weighted by Crippen LogP contribution is 2.35. The minimum Gasteiger partial charge on any atom is -0.360 e. The van der Waals surface area contributed by atoms with Gasteiger partial charge >= 0.3 is 0 Å². The summed E-state index contributed by atoms with van der Waals surface area (Å²) in [6.07, 6.45) is 0. The van der Waals surface area contributed by atoms with E-state index in [1.165, 1.54) is 11.8 Å². The molecule has 6 nitrogen and oxygen atoms in total. The Morgan fingerprint density at radius 3 is 2.78 bits per heavy atom. The fourth-order valence-corrected chi connectivity index (χ4v) is 3.82. The third-order valence-electron chi connectivity index (χ3n) is 3.87. The number of nitrogens with one attached hydrogen (secondary N) is 2. The first-order valence-electron chi connectivity index (χ1n) is 8.19. The van der Waals surface area contributed by atoms with Gasteiger partial charge in [0.05, 0.1) is 11.0 Å². The Morgan fingerprint density at radius 2 is 2.04 bits per heavy atom. The fourth-order valence-electron chi connectivity index (χ4n) is 2.64. The molecule has 1 unspecified atom stereocenters. The molecule has 0 saturated carbocycles. The van der Waals surface area contributed by atoms with Gasteiger partial charge < -0.3 is 14.8 Å². The van der Waals surface area contributed by atoms with Gasteiger partial charge in [-0.15, -0.1) is 0 Å². The zero-order valence-corrected chi connectivity index (χ0v) is 15.8. The number of carbonyl (C=O) groups is 1. The first-order chi connectivity index (χ1) is 13.1. The quantitative estimate of drug-likeness (QED) is 0.463. The fraction of sp³-hybridized carbons (Fsp3) is 0.105. The molecule has 0 fully saturated rings. The molecule has 1 amide bonds. The molecule has 4 rings (SSSR count). The van der Waals surface area contributed by atoms with E-state index in [0.29, 0.717) is 21.8 Å². The molecule has 2 N–H and O–H groups in total. The van der Waals surface area contributed by atoms with Crippen molar-refractivity contribution < 1.29 is 9.32 Å². The van der Waals surface area contributed by atoms with Crippen molar-refractivity contribution in [2.45, 2.75) is 17.3 Å². The number of fused-ring (bicyclic) bond motifs is 1. The minimum atomic E-state index is -0.515. The third-order valence-corrected chi connectivity index (χ3v) is 5.25. The van der Waals surface area contributed by atoms with Crippen LogP contribution in [-0.4, -0.2) is 21.0 Å².